The van der Waals surface area contributed by atoms with Crippen LogP contribution in [0.5, 0.6) is 0 Å². The zero-order valence-corrected chi connectivity index (χ0v) is 9.25. The minimum atomic E-state index is 0.454. The summed E-state index contributed by atoms with van der Waals surface area (Å²) in [6, 6.07) is 0. The second kappa shape index (κ2) is 3.88. The van der Waals surface area contributed by atoms with E-state index in [0.717, 1.165) is 37.0 Å². The highest BCUT2D eigenvalue weighted by Crippen LogP contribution is 2.39. The van der Waals surface area contributed by atoms with Crippen LogP contribution in [0.1, 0.15) is 46.0 Å². The molecular formula is C13H20O. The summed E-state index contributed by atoms with van der Waals surface area (Å²) >= 11 is 0. The number of allylic oxidation sites excluding steroid dienone is 2. The average Bonchev–Trinajstić information content (AvgIpc) is 2.16. The Morgan fingerprint density at radius 3 is 2.93 bits per heavy atom. The lowest BCUT2D eigenvalue weighted by atomic mass is 9.71. The fourth-order valence-electron chi connectivity index (χ4n) is 2.80. The van der Waals surface area contributed by atoms with Crippen molar-refractivity contribution < 1.29 is 4.79 Å². The number of Topliss-reactive ketones (excluding diaryl/α,β-unsaturated/α-hetero) is 1. The van der Waals surface area contributed by atoms with Gasteiger partial charge in [-0.3, -0.25) is 4.79 Å². The van der Waals surface area contributed by atoms with Gasteiger partial charge >= 0.3 is 0 Å². The Hall–Kier alpha value is -0.590. The second-order valence-corrected chi connectivity index (χ2v) is 5.21. The molecule has 1 heteroatoms. The monoisotopic (exact) mass is 192 g/mol. The van der Waals surface area contributed by atoms with Crippen LogP contribution in [0.25, 0.3) is 0 Å². The summed E-state index contributed by atoms with van der Waals surface area (Å²) in [4.78, 5) is 11.3. The summed E-state index contributed by atoms with van der Waals surface area (Å²) in [6.07, 6.45) is 7.60. The van der Waals surface area contributed by atoms with Gasteiger partial charge in [0.1, 0.15) is 5.78 Å². The highest BCUT2D eigenvalue weighted by Gasteiger charge is 2.30. The van der Waals surface area contributed by atoms with Crippen molar-refractivity contribution in [1.29, 1.82) is 0 Å². The van der Waals surface area contributed by atoms with Crippen LogP contribution >= 0.6 is 0 Å². The first-order chi connectivity index (χ1) is 6.66. The van der Waals surface area contributed by atoms with Gasteiger partial charge in [0.2, 0.25) is 0 Å². The van der Waals surface area contributed by atoms with E-state index >= 15 is 0 Å². The Balaban J connectivity index is 2.06. The first-order valence-corrected chi connectivity index (χ1v) is 5.87. The second-order valence-electron chi connectivity index (χ2n) is 5.21. The Morgan fingerprint density at radius 1 is 1.43 bits per heavy atom. The third-order valence-electron chi connectivity index (χ3n) is 3.91. The van der Waals surface area contributed by atoms with Crippen LogP contribution in [0.4, 0.5) is 0 Å². The molecular weight excluding hydrogens is 172 g/mol. The lowest BCUT2D eigenvalue weighted by Crippen LogP contribution is -2.25. The molecule has 0 spiro atoms. The van der Waals surface area contributed by atoms with E-state index in [1.54, 1.807) is 0 Å². The molecule has 14 heavy (non-hydrogen) atoms. The lowest BCUT2D eigenvalue weighted by Gasteiger charge is -2.34. The first-order valence-electron chi connectivity index (χ1n) is 5.87. The van der Waals surface area contributed by atoms with Crippen molar-refractivity contribution in [2.24, 2.45) is 17.8 Å². The van der Waals surface area contributed by atoms with Crippen molar-refractivity contribution in [2.45, 2.75) is 46.0 Å². The van der Waals surface area contributed by atoms with Crippen molar-refractivity contribution in [3.8, 4) is 0 Å². The van der Waals surface area contributed by atoms with E-state index in [4.69, 9.17) is 0 Å². The first kappa shape index (κ1) is 9.95. The highest BCUT2D eigenvalue weighted by molar-refractivity contribution is 5.82. The van der Waals surface area contributed by atoms with Gasteiger partial charge in [-0.2, -0.15) is 0 Å². The summed E-state index contributed by atoms with van der Waals surface area (Å²) in [5, 5.41) is 0. The van der Waals surface area contributed by atoms with Gasteiger partial charge < -0.3 is 0 Å². The van der Waals surface area contributed by atoms with Gasteiger partial charge in [0.25, 0.3) is 0 Å². The summed E-state index contributed by atoms with van der Waals surface area (Å²) in [7, 11) is 0. The van der Waals surface area contributed by atoms with Gasteiger partial charge in [-0.05, 0) is 37.0 Å². The largest absolute Gasteiger partial charge is 0.299 e. The zero-order valence-electron chi connectivity index (χ0n) is 9.25. The Morgan fingerprint density at radius 2 is 2.21 bits per heavy atom. The molecule has 0 bridgehead atoms. The van der Waals surface area contributed by atoms with E-state index in [2.05, 4.69) is 19.9 Å². The number of rotatable bonds is 1. The van der Waals surface area contributed by atoms with E-state index in [0.29, 0.717) is 5.78 Å². The number of carbonyl (C=O) groups excluding carboxylic acids is 1. The summed E-state index contributed by atoms with van der Waals surface area (Å²) < 4.78 is 0. The predicted octanol–water partition coefficient (Wildman–Crippen LogP) is 3.35. The van der Waals surface area contributed by atoms with Crippen molar-refractivity contribution in [2.75, 3.05) is 0 Å². The Labute approximate surface area is 86.6 Å². The normalized spacial score (nSPS) is 32.8. The van der Waals surface area contributed by atoms with E-state index in [1.807, 2.05) is 0 Å². The molecule has 0 aromatic rings. The molecule has 0 aliphatic heterocycles. The molecule has 0 amide bonds. The smallest absolute Gasteiger partial charge is 0.136 e. The third-order valence-corrected chi connectivity index (χ3v) is 3.91. The molecule has 2 aliphatic carbocycles. The van der Waals surface area contributed by atoms with Gasteiger partial charge in [0, 0.05) is 12.8 Å². The van der Waals surface area contributed by atoms with Crippen LogP contribution in [0, 0.1) is 17.8 Å². The van der Waals surface area contributed by atoms with E-state index in [1.165, 1.54) is 18.4 Å². The number of ketones is 1. The molecule has 0 N–H and O–H groups in total. The fraction of sp³-hybridized carbons (Fsp3) is 0.769. The van der Waals surface area contributed by atoms with Crippen LogP contribution in [0.2, 0.25) is 0 Å². The van der Waals surface area contributed by atoms with Crippen molar-refractivity contribution in [3.05, 3.63) is 11.6 Å². The maximum atomic E-state index is 11.3. The molecule has 2 unspecified atom stereocenters. The number of hydrogen-bond donors (Lipinski definition) is 0. The van der Waals surface area contributed by atoms with Gasteiger partial charge in [-0.15, -0.1) is 0 Å². The minimum absolute atomic E-state index is 0.454. The van der Waals surface area contributed by atoms with Crippen LogP contribution in [0.15, 0.2) is 11.6 Å². The molecule has 2 atom stereocenters. The molecule has 78 valence electrons. The topological polar surface area (TPSA) is 17.1 Å². The maximum absolute atomic E-state index is 11.3. The molecule has 0 saturated heterocycles. The van der Waals surface area contributed by atoms with Gasteiger partial charge in [0.05, 0.1) is 0 Å². The van der Waals surface area contributed by atoms with Crippen LogP contribution in [0.3, 0.4) is 0 Å². The lowest BCUT2D eigenvalue weighted by molar-refractivity contribution is -0.119. The molecule has 0 radical (unpaired) electrons. The zero-order chi connectivity index (χ0) is 10.1. The number of carbonyl (C=O) groups is 1. The van der Waals surface area contributed by atoms with Gasteiger partial charge in [-0.1, -0.05) is 25.5 Å². The molecule has 2 aliphatic rings. The summed E-state index contributed by atoms with van der Waals surface area (Å²) in [5.74, 6) is 2.85. The van der Waals surface area contributed by atoms with Gasteiger partial charge in [0.15, 0.2) is 0 Å². The predicted molar refractivity (Wildman–Crippen MR) is 58.0 cm³/mol. The minimum Gasteiger partial charge on any atom is -0.299 e. The van der Waals surface area contributed by atoms with Crippen molar-refractivity contribution >= 4 is 5.78 Å². The number of hydrogen-bond acceptors (Lipinski definition) is 1. The highest BCUT2D eigenvalue weighted by atomic mass is 16.1. The quantitative estimate of drug-likeness (QED) is 0.582. The molecule has 1 fully saturated rings. The van der Waals surface area contributed by atoms with Crippen LogP contribution < -0.4 is 0 Å². The molecule has 0 aromatic heterocycles. The molecule has 1 nitrogen and oxygen atoms in total. The standard InChI is InChI=1S/C13H20O/c1-9(2)10-3-4-12-8-13(14)6-5-11(12)7-10/h4,9-11H,3,5-8H2,1-2H3. The summed E-state index contributed by atoms with van der Waals surface area (Å²) in [5.41, 5.74) is 1.46. The summed E-state index contributed by atoms with van der Waals surface area (Å²) in [6.45, 7) is 4.63. The SMILES string of the molecule is CC(C)C1CC=C2CC(=O)CCC2C1. The molecule has 2 rings (SSSR count). The van der Waals surface area contributed by atoms with Crippen LogP contribution in [-0.4, -0.2) is 5.78 Å². The number of fused-ring (bicyclic) bond motifs is 1. The van der Waals surface area contributed by atoms with E-state index in [9.17, 15) is 4.79 Å². The molecule has 0 aromatic carbocycles. The molecule has 1 saturated carbocycles. The van der Waals surface area contributed by atoms with Crippen molar-refractivity contribution in [1.82, 2.24) is 0 Å². The Kier molecular flexibility index (Phi) is 2.76. The third kappa shape index (κ3) is 1.92. The van der Waals surface area contributed by atoms with Crippen molar-refractivity contribution in [3.63, 3.8) is 0 Å². The Bertz CT molecular complexity index is 262. The maximum Gasteiger partial charge on any atom is 0.136 e. The van der Waals surface area contributed by atoms with E-state index < -0.39 is 0 Å². The van der Waals surface area contributed by atoms with Crippen LogP contribution in [-0.2, 0) is 4.79 Å². The van der Waals surface area contributed by atoms with Gasteiger partial charge in [-0.25, -0.2) is 0 Å². The fourth-order valence-corrected chi connectivity index (χ4v) is 2.80. The van der Waals surface area contributed by atoms with E-state index in [-0.39, 0.29) is 0 Å². The average molecular weight is 192 g/mol. The molecule has 0 heterocycles.